The third-order valence-corrected chi connectivity index (χ3v) is 4.53. The number of aliphatic hydroxyl groups is 1. The molecule has 9 nitrogen and oxygen atoms in total. The van der Waals surface area contributed by atoms with E-state index in [9.17, 15) is 5.11 Å². The van der Waals surface area contributed by atoms with Gasteiger partial charge in [0.25, 0.3) is 0 Å². The van der Waals surface area contributed by atoms with Crippen LogP contribution in [0.5, 0.6) is 0 Å². The Kier molecular flexibility index (Phi) is 2.82. The van der Waals surface area contributed by atoms with Crippen LogP contribution in [0.1, 0.15) is 20.1 Å². The molecule has 3 aromatic heterocycles. The highest BCUT2D eigenvalue weighted by atomic mass is 16.8. The zero-order chi connectivity index (χ0) is 16.5. The number of rotatable bonds is 2. The van der Waals surface area contributed by atoms with Gasteiger partial charge in [-0.15, -0.1) is 0 Å². The molecule has 0 aliphatic carbocycles. The first kappa shape index (κ1) is 14.3. The molecule has 4 atom stereocenters. The minimum atomic E-state index is -0.717. The highest BCUT2D eigenvalue weighted by molar-refractivity contribution is 5.85. The number of hydrogen-bond donors (Lipinski definition) is 1. The van der Waals surface area contributed by atoms with Crippen molar-refractivity contribution in [3.05, 3.63) is 25.0 Å². The van der Waals surface area contributed by atoms with E-state index in [0.29, 0.717) is 11.2 Å². The number of imidazole rings is 2. The molecule has 9 heteroatoms. The summed E-state index contributed by atoms with van der Waals surface area (Å²) in [5, 5.41) is 9.61. The molecule has 0 aromatic carbocycles. The molecule has 1 N–H and O–H groups in total. The standard InChI is InChI=1S/C15H17N5O4/c1-15(2)23-10-8(5-21)22-14(11(10)24-15)20-7-17-9-12-16-3-4-19(12)6-18-13(9)20/h3-4,6-8,10-11,14,21H,5H2,1-2H3/t8-,10?,11+,14-/m1/s1. The maximum Gasteiger partial charge on any atom is 0.167 e. The lowest BCUT2D eigenvalue weighted by atomic mass is 10.1. The van der Waals surface area contributed by atoms with Crippen molar-refractivity contribution in [2.75, 3.05) is 6.61 Å². The number of fused-ring (bicyclic) bond motifs is 4. The number of ether oxygens (including phenoxy) is 3. The zero-order valence-electron chi connectivity index (χ0n) is 13.2. The van der Waals surface area contributed by atoms with Crippen LogP contribution in [0.25, 0.3) is 16.8 Å². The first-order valence-electron chi connectivity index (χ1n) is 7.83. The summed E-state index contributed by atoms with van der Waals surface area (Å²) in [4.78, 5) is 13.2. The molecule has 2 fully saturated rings. The Hall–Kier alpha value is -2.07. The molecule has 0 bridgehead atoms. The zero-order valence-corrected chi connectivity index (χ0v) is 13.2. The second-order valence-corrected chi connectivity index (χ2v) is 6.54. The Bertz CT molecular complexity index is 919. The van der Waals surface area contributed by atoms with Crippen molar-refractivity contribution in [2.24, 2.45) is 0 Å². The number of nitrogens with zero attached hydrogens (tertiary/aromatic N) is 5. The number of aliphatic hydroxyl groups excluding tert-OH is 1. The Balaban J connectivity index is 1.62. The maximum absolute atomic E-state index is 9.61. The number of hydrogen-bond acceptors (Lipinski definition) is 7. The molecule has 2 aliphatic heterocycles. The Morgan fingerprint density at radius 2 is 1.96 bits per heavy atom. The fraction of sp³-hybridized carbons (Fsp3) is 0.533. The Morgan fingerprint density at radius 3 is 2.79 bits per heavy atom. The van der Waals surface area contributed by atoms with Crippen molar-refractivity contribution >= 4 is 16.8 Å². The van der Waals surface area contributed by atoms with Gasteiger partial charge in [-0.3, -0.25) is 8.97 Å². The molecule has 126 valence electrons. The van der Waals surface area contributed by atoms with Gasteiger partial charge >= 0.3 is 0 Å². The summed E-state index contributed by atoms with van der Waals surface area (Å²) in [5.41, 5.74) is 2.08. The normalized spacial score (nSPS) is 32.0. The third kappa shape index (κ3) is 1.86. The summed E-state index contributed by atoms with van der Waals surface area (Å²) in [7, 11) is 0. The van der Waals surface area contributed by atoms with Gasteiger partial charge in [0.15, 0.2) is 28.8 Å². The van der Waals surface area contributed by atoms with E-state index in [0.717, 1.165) is 5.65 Å². The van der Waals surface area contributed by atoms with Crippen LogP contribution >= 0.6 is 0 Å². The van der Waals surface area contributed by atoms with E-state index < -0.39 is 18.1 Å². The van der Waals surface area contributed by atoms with Gasteiger partial charge in [0.05, 0.1) is 12.9 Å². The predicted molar refractivity (Wildman–Crippen MR) is 81.1 cm³/mol. The van der Waals surface area contributed by atoms with E-state index in [1.807, 2.05) is 29.0 Å². The molecular weight excluding hydrogens is 314 g/mol. The summed E-state index contributed by atoms with van der Waals surface area (Å²) in [6, 6.07) is 0. The summed E-state index contributed by atoms with van der Waals surface area (Å²) >= 11 is 0. The van der Waals surface area contributed by atoms with Crippen LogP contribution in [-0.2, 0) is 14.2 Å². The van der Waals surface area contributed by atoms with E-state index in [-0.39, 0.29) is 18.8 Å². The van der Waals surface area contributed by atoms with Gasteiger partial charge in [-0.05, 0) is 13.8 Å². The van der Waals surface area contributed by atoms with E-state index in [1.54, 1.807) is 18.9 Å². The van der Waals surface area contributed by atoms with Crippen LogP contribution in [0.4, 0.5) is 0 Å². The molecule has 3 aromatic rings. The average molecular weight is 331 g/mol. The monoisotopic (exact) mass is 331 g/mol. The second-order valence-electron chi connectivity index (χ2n) is 6.54. The van der Waals surface area contributed by atoms with Gasteiger partial charge in [-0.1, -0.05) is 0 Å². The van der Waals surface area contributed by atoms with Crippen LogP contribution in [0.15, 0.2) is 25.0 Å². The van der Waals surface area contributed by atoms with E-state index in [4.69, 9.17) is 14.2 Å². The molecule has 0 amide bonds. The topological polar surface area (TPSA) is 95.9 Å². The van der Waals surface area contributed by atoms with Crippen molar-refractivity contribution in [3.8, 4) is 0 Å². The van der Waals surface area contributed by atoms with Gasteiger partial charge in [0, 0.05) is 12.4 Å². The van der Waals surface area contributed by atoms with Crippen LogP contribution in [-0.4, -0.2) is 59.7 Å². The summed E-state index contributed by atoms with van der Waals surface area (Å²) < 4.78 is 21.5. The molecule has 2 aliphatic rings. The molecule has 1 unspecified atom stereocenters. The minimum Gasteiger partial charge on any atom is -0.394 e. The van der Waals surface area contributed by atoms with Crippen molar-refractivity contribution in [3.63, 3.8) is 0 Å². The van der Waals surface area contributed by atoms with Crippen LogP contribution in [0, 0.1) is 0 Å². The quantitative estimate of drug-likeness (QED) is 0.730. The van der Waals surface area contributed by atoms with Crippen molar-refractivity contribution < 1.29 is 19.3 Å². The van der Waals surface area contributed by atoms with Crippen molar-refractivity contribution in [1.29, 1.82) is 0 Å². The highest BCUT2D eigenvalue weighted by Gasteiger charge is 2.55. The summed E-state index contributed by atoms with van der Waals surface area (Å²) in [5.74, 6) is -0.717. The predicted octanol–water partition coefficient (Wildman–Crippen LogP) is 0.489. The highest BCUT2D eigenvalue weighted by Crippen LogP contribution is 2.43. The van der Waals surface area contributed by atoms with Gasteiger partial charge < -0.3 is 19.3 Å². The summed E-state index contributed by atoms with van der Waals surface area (Å²) in [6.07, 6.45) is 5.29. The first-order chi connectivity index (χ1) is 11.6. The summed E-state index contributed by atoms with van der Waals surface area (Å²) in [6.45, 7) is 3.58. The lowest BCUT2D eigenvalue weighted by molar-refractivity contribution is -0.199. The smallest absolute Gasteiger partial charge is 0.167 e. The van der Waals surface area contributed by atoms with E-state index in [1.165, 1.54) is 0 Å². The average Bonchev–Trinajstić information content (AvgIpc) is 3.26. The lowest BCUT2D eigenvalue weighted by Gasteiger charge is -2.24. The second kappa shape index (κ2) is 4.73. The molecule has 5 rings (SSSR count). The molecular formula is C15H17N5O4. The number of aromatic nitrogens is 5. The molecule has 5 heterocycles. The van der Waals surface area contributed by atoms with Gasteiger partial charge in [0.2, 0.25) is 0 Å². The largest absolute Gasteiger partial charge is 0.394 e. The van der Waals surface area contributed by atoms with Crippen molar-refractivity contribution in [2.45, 2.75) is 44.2 Å². The van der Waals surface area contributed by atoms with Crippen LogP contribution < -0.4 is 0 Å². The van der Waals surface area contributed by atoms with Gasteiger partial charge in [-0.25, -0.2) is 15.0 Å². The Labute approximate surface area is 136 Å². The van der Waals surface area contributed by atoms with E-state index in [2.05, 4.69) is 15.0 Å². The molecule has 0 radical (unpaired) electrons. The van der Waals surface area contributed by atoms with E-state index >= 15 is 0 Å². The van der Waals surface area contributed by atoms with Gasteiger partial charge in [-0.2, -0.15) is 0 Å². The molecule has 0 saturated carbocycles. The molecule has 24 heavy (non-hydrogen) atoms. The maximum atomic E-state index is 9.61. The first-order valence-corrected chi connectivity index (χ1v) is 7.83. The SMILES string of the molecule is CC1(C)OC2[C@@H](CO)O[C@@H](n3cnc4c3ncn3ccnc43)[C@H]2O1. The fourth-order valence-electron chi connectivity index (χ4n) is 3.56. The van der Waals surface area contributed by atoms with Crippen LogP contribution in [0.2, 0.25) is 0 Å². The fourth-order valence-corrected chi connectivity index (χ4v) is 3.56. The van der Waals surface area contributed by atoms with Gasteiger partial charge in [0.1, 0.15) is 24.6 Å². The van der Waals surface area contributed by atoms with Crippen molar-refractivity contribution in [1.82, 2.24) is 23.9 Å². The Morgan fingerprint density at radius 1 is 1.12 bits per heavy atom. The lowest BCUT2D eigenvalue weighted by Crippen LogP contribution is -2.31. The minimum absolute atomic E-state index is 0.137. The third-order valence-electron chi connectivity index (χ3n) is 4.53. The molecule has 2 saturated heterocycles. The van der Waals surface area contributed by atoms with Crippen LogP contribution in [0.3, 0.4) is 0 Å². The molecule has 0 spiro atoms.